The fourth-order valence-electron chi connectivity index (χ4n) is 2.62. The van der Waals surface area contributed by atoms with Gasteiger partial charge in [0.05, 0.1) is 12.4 Å². The number of rotatable bonds is 4. The van der Waals surface area contributed by atoms with Crippen LogP contribution in [0.15, 0.2) is 18.2 Å². The third-order valence-corrected chi connectivity index (χ3v) is 5.01. The maximum atomic E-state index is 11.6. The van der Waals surface area contributed by atoms with Crippen molar-refractivity contribution < 1.29 is 13.5 Å². The molecule has 1 aliphatic heterocycles. The molecular weight excluding hydrogens is 274 g/mol. The highest BCUT2D eigenvalue weighted by Crippen LogP contribution is 2.27. The van der Waals surface area contributed by atoms with Gasteiger partial charge in [0.15, 0.2) is 0 Å². The van der Waals surface area contributed by atoms with Gasteiger partial charge in [0.1, 0.15) is 0 Å². The number of aliphatic hydroxyl groups is 1. The van der Waals surface area contributed by atoms with E-state index in [1.54, 1.807) is 0 Å². The largest absolute Gasteiger partial charge is 0.388 e. The minimum atomic E-state index is -3.15. The molecule has 0 saturated carbocycles. The van der Waals surface area contributed by atoms with Crippen molar-refractivity contribution in [2.45, 2.75) is 39.3 Å². The van der Waals surface area contributed by atoms with E-state index in [0.717, 1.165) is 17.5 Å². The van der Waals surface area contributed by atoms with Crippen LogP contribution in [0, 0.1) is 5.92 Å². The number of hydrogen-bond acceptors (Lipinski definition) is 3. The molecule has 1 unspecified atom stereocenters. The van der Waals surface area contributed by atoms with Crippen molar-refractivity contribution in [3.8, 4) is 0 Å². The zero-order valence-electron chi connectivity index (χ0n) is 12.3. The molecule has 2 rings (SSSR count). The Bertz CT molecular complexity index is 581. The third-order valence-electron chi connectivity index (χ3n) is 3.76. The maximum absolute atomic E-state index is 11.6. The quantitative estimate of drug-likeness (QED) is 0.925. The Morgan fingerprint density at radius 1 is 1.30 bits per heavy atom. The Hall–Kier alpha value is -0.910. The maximum Gasteiger partial charge on any atom is 0.211 e. The standard InChI is InChI=1S/C15H23NO3S/c1-11(2)8-15(17)13-5-4-12-6-7-16(20(3,18)19)10-14(12)9-13/h4-5,9,11,15,17H,6-8,10H2,1-3H3. The summed E-state index contributed by atoms with van der Waals surface area (Å²) in [5.74, 6) is 0.425. The van der Waals surface area contributed by atoms with Crippen molar-refractivity contribution in [3.63, 3.8) is 0 Å². The van der Waals surface area contributed by atoms with E-state index in [-0.39, 0.29) is 0 Å². The van der Waals surface area contributed by atoms with E-state index < -0.39 is 16.1 Å². The van der Waals surface area contributed by atoms with Gasteiger partial charge in [-0.3, -0.25) is 0 Å². The first-order valence-electron chi connectivity index (χ1n) is 7.02. The van der Waals surface area contributed by atoms with Gasteiger partial charge in [-0.05, 0) is 35.4 Å². The van der Waals surface area contributed by atoms with Crippen molar-refractivity contribution in [3.05, 3.63) is 34.9 Å². The predicted octanol–water partition coefficient (Wildman–Crippen LogP) is 2.08. The van der Waals surface area contributed by atoms with Gasteiger partial charge in [-0.1, -0.05) is 32.0 Å². The van der Waals surface area contributed by atoms with Crippen molar-refractivity contribution in [1.29, 1.82) is 0 Å². The third kappa shape index (κ3) is 3.59. The predicted molar refractivity (Wildman–Crippen MR) is 79.8 cm³/mol. The first-order valence-corrected chi connectivity index (χ1v) is 8.87. The van der Waals surface area contributed by atoms with E-state index in [1.165, 1.54) is 16.1 Å². The Kier molecular flexibility index (Phi) is 4.52. The van der Waals surface area contributed by atoms with Crippen molar-refractivity contribution >= 4 is 10.0 Å². The molecule has 1 aromatic rings. The summed E-state index contributed by atoms with van der Waals surface area (Å²) in [7, 11) is -3.15. The number of aliphatic hydroxyl groups excluding tert-OH is 1. The fraction of sp³-hybridized carbons (Fsp3) is 0.600. The van der Waals surface area contributed by atoms with Gasteiger partial charge in [-0.2, -0.15) is 4.31 Å². The Morgan fingerprint density at radius 2 is 2.00 bits per heavy atom. The Morgan fingerprint density at radius 3 is 2.60 bits per heavy atom. The number of hydrogen-bond donors (Lipinski definition) is 1. The molecule has 0 aliphatic carbocycles. The van der Waals surface area contributed by atoms with E-state index in [0.29, 0.717) is 25.4 Å². The Labute approximate surface area is 121 Å². The zero-order valence-corrected chi connectivity index (χ0v) is 13.2. The number of nitrogens with zero attached hydrogens (tertiary/aromatic N) is 1. The van der Waals surface area contributed by atoms with E-state index in [1.807, 2.05) is 18.2 Å². The van der Waals surface area contributed by atoms with Crippen LogP contribution in [0.4, 0.5) is 0 Å². The lowest BCUT2D eigenvalue weighted by Gasteiger charge is -2.27. The van der Waals surface area contributed by atoms with Crippen LogP contribution < -0.4 is 0 Å². The molecule has 20 heavy (non-hydrogen) atoms. The summed E-state index contributed by atoms with van der Waals surface area (Å²) in [5.41, 5.74) is 3.08. The van der Waals surface area contributed by atoms with Crippen LogP contribution in [-0.2, 0) is 23.0 Å². The van der Waals surface area contributed by atoms with Crippen LogP contribution in [-0.4, -0.2) is 30.6 Å². The highest BCUT2D eigenvalue weighted by molar-refractivity contribution is 7.88. The number of benzene rings is 1. The molecule has 4 nitrogen and oxygen atoms in total. The molecule has 112 valence electrons. The molecule has 0 amide bonds. The molecule has 1 aromatic carbocycles. The molecule has 0 bridgehead atoms. The second-order valence-corrected chi connectivity index (χ2v) is 8.00. The van der Waals surface area contributed by atoms with Crippen molar-refractivity contribution in [1.82, 2.24) is 4.31 Å². The monoisotopic (exact) mass is 297 g/mol. The fourth-order valence-corrected chi connectivity index (χ4v) is 3.42. The SMILES string of the molecule is CC(C)CC(O)c1ccc2c(c1)CN(S(C)(=O)=O)CC2. The van der Waals surface area contributed by atoms with E-state index in [2.05, 4.69) is 13.8 Å². The van der Waals surface area contributed by atoms with Crippen molar-refractivity contribution in [2.24, 2.45) is 5.92 Å². The second-order valence-electron chi connectivity index (χ2n) is 6.02. The van der Waals surface area contributed by atoms with Crippen LogP contribution in [0.2, 0.25) is 0 Å². The van der Waals surface area contributed by atoms with Gasteiger partial charge < -0.3 is 5.11 Å². The van der Waals surface area contributed by atoms with Gasteiger partial charge in [-0.15, -0.1) is 0 Å². The van der Waals surface area contributed by atoms with Gasteiger partial charge >= 0.3 is 0 Å². The second kappa shape index (κ2) is 5.84. The normalized spacial score (nSPS) is 18.1. The first kappa shape index (κ1) is 15.5. The molecular formula is C15H23NO3S. The summed E-state index contributed by atoms with van der Waals surface area (Å²) in [6.45, 7) is 5.11. The van der Waals surface area contributed by atoms with E-state index in [9.17, 15) is 13.5 Å². The highest BCUT2D eigenvalue weighted by Gasteiger charge is 2.23. The molecule has 0 fully saturated rings. The lowest BCUT2D eigenvalue weighted by atomic mass is 9.93. The lowest BCUT2D eigenvalue weighted by molar-refractivity contribution is 0.151. The topological polar surface area (TPSA) is 57.6 Å². The summed E-state index contributed by atoms with van der Waals surface area (Å²) >= 11 is 0. The van der Waals surface area contributed by atoms with Crippen LogP contribution in [0.5, 0.6) is 0 Å². The minimum absolute atomic E-state index is 0.413. The average molecular weight is 297 g/mol. The molecule has 1 aliphatic rings. The molecule has 1 heterocycles. The molecule has 5 heteroatoms. The zero-order chi connectivity index (χ0) is 14.9. The Balaban J connectivity index is 2.23. The molecule has 1 atom stereocenters. The molecule has 0 aromatic heterocycles. The van der Waals surface area contributed by atoms with E-state index in [4.69, 9.17) is 0 Å². The summed E-state index contributed by atoms with van der Waals surface area (Å²) < 4.78 is 24.8. The molecule has 0 saturated heterocycles. The van der Waals surface area contributed by atoms with Crippen LogP contribution in [0.3, 0.4) is 0 Å². The number of sulfonamides is 1. The van der Waals surface area contributed by atoms with Crippen LogP contribution in [0.1, 0.15) is 43.1 Å². The smallest absolute Gasteiger partial charge is 0.211 e. The molecule has 0 radical (unpaired) electrons. The summed E-state index contributed by atoms with van der Waals surface area (Å²) in [6.07, 6.45) is 2.22. The van der Waals surface area contributed by atoms with Gasteiger partial charge in [0, 0.05) is 13.1 Å². The lowest BCUT2D eigenvalue weighted by Crippen LogP contribution is -2.35. The van der Waals surface area contributed by atoms with Gasteiger partial charge in [0.25, 0.3) is 0 Å². The summed E-state index contributed by atoms with van der Waals surface area (Å²) in [5, 5.41) is 10.2. The minimum Gasteiger partial charge on any atom is -0.388 e. The van der Waals surface area contributed by atoms with Crippen LogP contribution in [0.25, 0.3) is 0 Å². The molecule has 0 spiro atoms. The number of fused-ring (bicyclic) bond motifs is 1. The van der Waals surface area contributed by atoms with Gasteiger partial charge in [0.2, 0.25) is 10.0 Å². The highest BCUT2D eigenvalue weighted by atomic mass is 32.2. The first-order chi connectivity index (χ1) is 9.27. The van der Waals surface area contributed by atoms with Gasteiger partial charge in [-0.25, -0.2) is 8.42 Å². The van der Waals surface area contributed by atoms with Crippen molar-refractivity contribution in [2.75, 3.05) is 12.8 Å². The van der Waals surface area contributed by atoms with E-state index >= 15 is 0 Å². The summed E-state index contributed by atoms with van der Waals surface area (Å²) in [6, 6.07) is 5.94. The average Bonchev–Trinajstić information content (AvgIpc) is 2.35. The summed E-state index contributed by atoms with van der Waals surface area (Å²) in [4.78, 5) is 0. The molecule has 1 N–H and O–H groups in total. The van der Waals surface area contributed by atoms with Crippen LogP contribution >= 0.6 is 0 Å².